The van der Waals surface area contributed by atoms with E-state index in [1.165, 1.54) is 16.7 Å². The highest BCUT2D eigenvalue weighted by Gasteiger charge is 2.29. The molecule has 1 aliphatic carbocycles. The summed E-state index contributed by atoms with van der Waals surface area (Å²) in [6, 6.07) is 0. The van der Waals surface area contributed by atoms with Crippen molar-refractivity contribution >= 4 is 29.5 Å². The van der Waals surface area contributed by atoms with Gasteiger partial charge in [-0.25, -0.2) is 9.78 Å². The van der Waals surface area contributed by atoms with Gasteiger partial charge in [0.15, 0.2) is 5.69 Å². The zero-order chi connectivity index (χ0) is 13.4. The summed E-state index contributed by atoms with van der Waals surface area (Å²) >= 11 is 1.31. The lowest BCUT2D eigenvalue weighted by molar-refractivity contribution is 0.0691. The maximum absolute atomic E-state index is 10.7. The molecule has 0 atom stereocenters. The number of hydrogen-bond acceptors (Lipinski definition) is 5. The number of aromatic nitrogens is 2. The SMILES string of the molecule is Cc1onc(C2CC2)c1/C=C/c1nc(C(=O)O)cs1. The Hall–Kier alpha value is -1.95. The van der Waals surface area contributed by atoms with Crippen molar-refractivity contribution in [3.05, 3.63) is 33.1 Å². The van der Waals surface area contributed by atoms with Crippen molar-refractivity contribution in [1.82, 2.24) is 10.1 Å². The average Bonchev–Trinajstić information content (AvgIpc) is 2.98. The number of rotatable bonds is 4. The van der Waals surface area contributed by atoms with E-state index in [1.54, 1.807) is 0 Å². The van der Waals surface area contributed by atoms with Crippen molar-refractivity contribution in [2.24, 2.45) is 0 Å². The molecule has 0 radical (unpaired) electrons. The number of thiazole rings is 1. The summed E-state index contributed by atoms with van der Waals surface area (Å²) < 4.78 is 5.22. The minimum atomic E-state index is -1.00. The van der Waals surface area contributed by atoms with Gasteiger partial charge in [-0.05, 0) is 31.9 Å². The smallest absolute Gasteiger partial charge is 0.355 e. The van der Waals surface area contributed by atoms with Crippen molar-refractivity contribution in [2.75, 3.05) is 0 Å². The molecule has 0 amide bonds. The number of carboxylic acids is 1. The minimum Gasteiger partial charge on any atom is -0.476 e. The molecular weight excluding hydrogens is 264 g/mol. The van der Waals surface area contributed by atoms with Crippen molar-refractivity contribution in [3.8, 4) is 0 Å². The van der Waals surface area contributed by atoms with Gasteiger partial charge in [-0.15, -0.1) is 11.3 Å². The number of aromatic carboxylic acids is 1. The third-order valence-electron chi connectivity index (χ3n) is 3.03. The van der Waals surface area contributed by atoms with E-state index in [1.807, 2.05) is 19.1 Å². The number of nitrogens with zero attached hydrogens (tertiary/aromatic N) is 2. The molecule has 2 aromatic heterocycles. The lowest BCUT2D eigenvalue weighted by Gasteiger charge is -1.92. The lowest BCUT2D eigenvalue weighted by Crippen LogP contribution is -1.95. The van der Waals surface area contributed by atoms with Crippen molar-refractivity contribution in [1.29, 1.82) is 0 Å². The second-order valence-electron chi connectivity index (χ2n) is 4.52. The Balaban J connectivity index is 1.85. The van der Waals surface area contributed by atoms with Crippen LogP contribution in [0.15, 0.2) is 9.90 Å². The van der Waals surface area contributed by atoms with Crippen LogP contribution in [0, 0.1) is 6.92 Å². The Kier molecular flexibility index (Phi) is 2.94. The molecule has 1 aliphatic rings. The van der Waals surface area contributed by atoms with Gasteiger partial charge in [0.25, 0.3) is 0 Å². The molecule has 1 fully saturated rings. The molecule has 3 rings (SSSR count). The summed E-state index contributed by atoms with van der Waals surface area (Å²) in [5.74, 6) is 0.298. The van der Waals surface area contributed by atoms with E-state index in [-0.39, 0.29) is 5.69 Å². The van der Waals surface area contributed by atoms with Crippen LogP contribution in [0.3, 0.4) is 0 Å². The fourth-order valence-electron chi connectivity index (χ4n) is 1.87. The van der Waals surface area contributed by atoms with E-state index in [2.05, 4.69) is 10.1 Å². The Morgan fingerprint density at radius 3 is 2.95 bits per heavy atom. The first-order valence-corrected chi connectivity index (χ1v) is 6.86. The summed E-state index contributed by atoms with van der Waals surface area (Å²) in [5, 5.41) is 15.1. The minimum absolute atomic E-state index is 0.0779. The number of aryl methyl sites for hydroxylation is 1. The van der Waals surface area contributed by atoms with Crippen LogP contribution in [0.2, 0.25) is 0 Å². The van der Waals surface area contributed by atoms with Gasteiger partial charge in [0.1, 0.15) is 10.8 Å². The van der Waals surface area contributed by atoms with Crippen LogP contribution >= 0.6 is 11.3 Å². The highest BCUT2D eigenvalue weighted by molar-refractivity contribution is 7.10. The fourth-order valence-corrected chi connectivity index (χ4v) is 2.55. The first kappa shape index (κ1) is 12.1. The summed E-state index contributed by atoms with van der Waals surface area (Å²) in [5.41, 5.74) is 2.08. The molecule has 0 saturated heterocycles. The first-order chi connectivity index (χ1) is 9.15. The quantitative estimate of drug-likeness (QED) is 0.928. The normalized spacial score (nSPS) is 15.2. The monoisotopic (exact) mass is 276 g/mol. The van der Waals surface area contributed by atoms with Crippen LogP contribution < -0.4 is 0 Å². The molecule has 5 nitrogen and oxygen atoms in total. The van der Waals surface area contributed by atoms with Gasteiger partial charge in [0.2, 0.25) is 0 Å². The van der Waals surface area contributed by atoms with E-state index >= 15 is 0 Å². The van der Waals surface area contributed by atoms with Crippen LogP contribution in [0.5, 0.6) is 0 Å². The molecule has 2 aromatic rings. The maximum Gasteiger partial charge on any atom is 0.355 e. The molecule has 0 unspecified atom stereocenters. The molecule has 98 valence electrons. The largest absolute Gasteiger partial charge is 0.476 e. The van der Waals surface area contributed by atoms with Crippen molar-refractivity contribution < 1.29 is 14.4 Å². The van der Waals surface area contributed by atoms with E-state index in [0.29, 0.717) is 10.9 Å². The van der Waals surface area contributed by atoms with E-state index in [0.717, 1.165) is 29.9 Å². The molecule has 1 saturated carbocycles. The van der Waals surface area contributed by atoms with Gasteiger partial charge < -0.3 is 9.63 Å². The summed E-state index contributed by atoms with van der Waals surface area (Å²) in [4.78, 5) is 14.8. The zero-order valence-corrected chi connectivity index (χ0v) is 11.1. The maximum atomic E-state index is 10.7. The zero-order valence-electron chi connectivity index (χ0n) is 10.3. The Bertz CT molecular complexity index is 653. The molecule has 19 heavy (non-hydrogen) atoms. The van der Waals surface area contributed by atoms with Crippen LogP contribution in [0.1, 0.15) is 51.3 Å². The Morgan fingerprint density at radius 2 is 2.32 bits per heavy atom. The van der Waals surface area contributed by atoms with Gasteiger partial charge in [0.05, 0.1) is 5.69 Å². The first-order valence-electron chi connectivity index (χ1n) is 5.98. The van der Waals surface area contributed by atoms with Crippen LogP contribution in [0.25, 0.3) is 12.2 Å². The van der Waals surface area contributed by atoms with Crippen molar-refractivity contribution in [3.63, 3.8) is 0 Å². The van der Waals surface area contributed by atoms with Crippen LogP contribution in [-0.2, 0) is 0 Å². The molecular formula is C13H12N2O3S. The fraction of sp³-hybridized carbons (Fsp3) is 0.308. The van der Waals surface area contributed by atoms with Crippen molar-refractivity contribution in [2.45, 2.75) is 25.7 Å². The summed E-state index contributed by atoms with van der Waals surface area (Å²) in [6.45, 7) is 1.88. The standard InChI is InChI=1S/C13H12N2O3S/c1-7-9(12(15-18-7)8-2-3-8)4-5-11-14-10(6-19-11)13(16)17/h4-6,8H,2-3H2,1H3,(H,16,17)/b5-4+. The lowest BCUT2D eigenvalue weighted by atomic mass is 10.1. The van der Waals surface area contributed by atoms with E-state index in [9.17, 15) is 4.79 Å². The van der Waals surface area contributed by atoms with E-state index < -0.39 is 5.97 Å². The third kappa shape index (κ3) is 2.44. The highest BCUT2D eigenvalue weighted by atomic mass is 32.1. The Labute approximate surface area is 113 Å². The molecule has 2 heterocycles. The third-order valence-corrected chi connectivity index (χ3v) is 3.84. The van der Waals surface area contributed by atoms with E-state index in [4.69, 9.17) is 9.63 Å². The second kappa shape index (κ2) is 4.62. The predicted octanol–water partition coefficient (Wildman–Crippen LogP) is 3.19. The second-order valence-corrected chi connectivity index (χ2v) is 5.41. The molecule has 0 spiro atoms. The van der Waals surface area contributed by atoms with Gasteiger partial charge in [-0.1, -0.05) is 5.16 Å². The van der Waals surface area contributed by atoms with Gasteiger partial charge >= 0.3 is 5.97 Å². The van der Waals surface area contributed by atoms with Gasteiger partial charge in [-0.2, -0.15) is 0 Å². The van der Waals surface area contributed by atoms with Gasteiger partial charge in [0, 0.05) is 16.9 Å². The summed E-state index contributed by atoms with van der Waals surface area (Å²) in [7, 11) is 0. The molecule has 0 aromatic carbocycles. The topological polar surface area (TPSA) is 76.2 Å². The molecule has 0 aliphatic heterocycles. The van der Waals surface area contributed by atoms with Crippen LogP contribution in [-0.4, -0.2) is 21.2 Å². The number of carbonyl (C=O) groups is 1. The highest BCUT2D eigenvalue weighted by Crippen LogP contribution is 2.42. The predicted molar refractivity (Wildman–Crippen MR) is 71.2 cm³/mol. The molecule has 0 bridgehead atoms. The molecule has 1 N–H and O–H groups in total. The van der Waals surface area contributed by atoms with Crippen LogP contribution in [0.4, 0.5) is 0 Å². The molecule has 6 heteroatoms. The number of carboxylic acid groups (broad SMARTS) is 1. The number of hydrogen-bond donors (Lipinski definition) is 1. The van der Waals surface area contributed by atoms with Gasteiger partial charge in [-0.3, -0.25) is 0 Å². The Morgan fingerprint density at radius 1 is 1.53 bits per heavy atom. The summed E-state index contributed by atoms with van der Waals surface area (Å²) in [6.07, 6.45) is 6.03. The average molecular weight is 276 g/mol.